The van der Waals surface area contributed by atoms with Crippen LogP contribution in [0, 0.1) is 6.92 Å². The molecule has 5 nitrogen and oxygen atoms in total. The van der Waals surface area contributed by atoms with Gasteiger partial charge in [-0.25, -0.2) is 0 Å². The van der Waals surface area contributed by atoms with Gasteiger partial charge in [-0.15, -0.1) is 0 Å². The number of carbonyl (C=O) groups excluding carboxylic acids is 2. The van der Waals surface area contributed by atoms with Gasteiger partial charge >= 0.3 is 0 Å². The highest BCUT2D eigenvalue weighted by Crippen LogP contribution is 2.27. The molecule has 150 valence electrons. The molecule has 2 amide bonds. The first-order valence-corrected chi connectivity index (χ1v) is 10.7. The molecular weight excluding hydrogens is 394 g/mol. The number of hydrogen-bond donors (Lipinski definition) is 2. The molecule has 1 unspecified atom stereocenters. The maximum atomic E-state index is 12.8. The van der Waals surface area contributed by atoms with Crippen LogP contribution in [0.5, 0.6) is 0 Å². The number of amides is 2. The van der Waals surface area contributed by atoms with Crippen molar-refractivity contribution in [3.8, 4) is 0 Å². The van der Waals surface area contributed by atoms with Crippen LogP contribution in [0.2, 0.25) is 5.02 Å². The quantitative estimate of drug-likeness (QED) is 0.673. The summed E-state index contributed by atoms with van der Waals surface area (Å²) in [4.78, 5) is 27.3. The highest BCUT2D eigenvalue weighted by molar-refractivity contribution is 7.98. The molecule has 7 heteroatoms. The van der Waals surface area contributed by atoms with E-state index < -0.39 is 6.04 Å². The van der Waals surface area contributed by atoms with Crippen molar-refractivity contribution in [1.29, 1.82) is 0 Å². The number of nitrogens with zero attached hydrogens (tertiary/aromatic N) is 1. The summed E-state index contributed by atoms with van der Waals surface area (Å²) in [6.07, 6.45) is 2.51. The first-order valence-electron chi connectivity index (χ1n) is 8.96. The lowest BCUT2D eigenvalue weighted by Crippen LogP contribution is -2.44. The molecule has 0 saturated heterocycles. The van der Waals surface area contributed by atoms with Crippen molar-refractivity contribution >= 4 is 46.6 Å². The summed E-state index contributed by atoms with van der Waals surface area (Å²) < 4.78 is 0. The van der Waals surface area contributed by atoms with Crippen LogP contribution in [0.4, 0.5) is 11.4 Å². The molecule has 0 aliphatic rings. The van der Waals surface area contributed by atoms with E-state index in [1.54, 1.807) is 36.0 Å². The number of aryl methyl sites for hydroxylation is 1. The van der Waals surface area contributed by atoms with Crippen molar-refractivity contribution in [3.05, 3.63) is 58.6 Å². The van der Waals surface area contributed by atoms with E-state index >= 15 is 0 Å². The second-order valence-electron chi connectivity index (χ2n) is 6.73. The average Bonchev–Trinajstić information content (AvgIpc) is 2.64. The van der Waals surface area contributed by atoms with Crippen LogP contribution in [0.1, 0.15) is 22.3 Å². The van der Waals surface area contributed by atoms with Gasteiger partial charge in [0.25, 0.3) is 5.91 Å². The minimum absolute atomic E-state index is 0.258. The van der Waals surface area contributed by atoms with Crippen molar-refractivity contribution in [2.75, 3.05) is 36.3 Å². The van der Waals surface area contributed by atoms with Crippen molar-refractivity contribution in [1.82, 2.24) is 5.32 Å². The zero-order valence-electron chi connectivity index (χ0n) is 16.6. The van der Waals surface area contributed by atoms with Gasteiger partial charge < -0.3 is 15.5 Å². The fourth-order valence-corrected chi connectivity index (χ4v) is 3.53. The van der Waals surface area contributed by atoms with Crippen molar-refractivity contribution in [2.45, 2.75) is 19.4 Å². The van der Waals surface area contributed by atoms with E-state index in [0.717, 1.165) is 17.0 Å². The summed E-state index contributed by atoms with van der Waals surface area (Å²) in [7, 11) is 3.80. The van der Waals surface area contributed by atoms with E-state index in [0.29, 0.717) is 22.7 Å². The molecule has 2 aromatic carbocycles. The predicted molar refractivity (Wildman–Crippen MR) is 120 cm³/mol. The molecule has 0 fully saturated rings. The molecule has 2 N–H and O–H groups in total. The third-order valence-electron chi connectivity index (χ3n) is 4.21. The number of halogens is 1. The first kappa shape index (κ1) is 22.1. The van der Waals surface area contributed by atoms with E-state index in [1.165, 1.54) is 0 Å². The van der Waals surface area contributed by atoms with Gasteiger partial charge in [0.15, 0.2) is 0 Å². The molecule has 0 aliphatic heterocycles. The van der Waals surface area contributed by atoms with Crippen LogP contribution >= 0.6 is 23.4 Å². The molecule has 0 spiro atoms. The molecular formula is C21H26ClN3O2S. The Morgan fingerprint density at radius 2 is 1.93 bits per heavy atom. The third kappa shape index (κ3) is 6.17. The SMILES string of the molecule is CSCCC(NC(=O)c1cccc(C)c1)C(=O)Nc1ccc(N(C)C)c(Cl)c1. The molecule has 1 atom stereocenters. The molecule has 0 aromatic heterocycles. The largest absolute Gasteiger partial charge is 0.376 e. The Morgan fingerprint density at radius 3 is 2.54 bits per heavy atom. The van der Waals surface area contributed by atoms with Gasteiger partial charge in [0.2, 0.25) is 5.91 Å². The third-order valence-corrected chi connectivity index (χ3v) is 5.16. The summed E-state index contributed by atoms with van der Waals surface area (Å²) in [5.41, 5.74) is 3.00. The van der Waals surface area contributed by atoms with Crippen molar-refractivity contribution in [2.24, 2.45) is 0 Å². The van der Waals surface area contributed by atoms with E-state index in [9.17, 15) is 9.59 Å². The lowest BCUT2D eigenvalue weighted by atomic mass is 10.1. The standard InChI is InChI=1S/C21H26ClN3O2S/c1-14-6-5-7-15(12-14)20(26)24-18(10-11-28-4)21(27)23-16-8-9-19(25(2)3)17(22)13-16/h5-9,12-13,18H,10-11H2,1-4H3,(H,23,27)(H,24,26). The van der Waals surface area contributed by atoms with Crippen molar-refractivity contribution < 1.29 is 9.59 Å². The Balaban J connectivity index is 2.12. The normalized spacial score (nSPS) is 11.6. The van der Waals surface area contributed by atoms with E-state index in [4.69, 9.17) is 11.6 Å². The van der Waals surface area contributed by atoms with Crippen LogP contribution in [0.3, 0.4) is 0 Å². The number of benzene rings is 2. The van der Waals surface area contributed by atoms with Crippen LogP contribution in [0.15, 0.2) is 42.5 Å². The fourth-order valence-electron chi connectivity index (χ4n) is 2.71. The number of anilines is 2. The maximum absolute atomic E-state index is 12.8. The van der Waals surface area contributed by atoms with Gasteiger partial charge in [-0.05, 0) is 55.7 Å². The summed E-state index contributed by atoms with van der Waals surface area (Å²) in [6.45, 7) is 1.93. The molecule has 0 radical (unpaired) electrons. The zero-order valence-corrected chi connectivity index (χ0v) is 18.2. The van der Waals surface area contributed by atoms with Gasteiger partial charge in [0, 0.05) is 25.3 Å². The highest BCUT2D eigenvalue weighted by atomic mass is 35.5. The fraction of sp³-hybridized carbons (Fsp3) is 0.333. The predicted octanol–water partition coefficient (Wildman–Crippen LogP) is 4.20. The number of rotatable bonds is 8. The molecule has 0 heterocycles. The average molecular weight is 420 g/mol. The van der Waals surface area contributed by atoms with Gasteiger partial charge in [-0.3, -0.25) is 9.59 Å². The zero-order chi connectivity index (χ0) is 20.7. The second kappa shape index (κ2) is 10.4. The molecule has 0 aliphatic carbocycles. The monoisotopic (exact) mass is 419 g/mol. The lowest BCUT2D eigenvalue weighted by molar-refractivity contribution is -0.118. The molecule has 28 heavy (non-hydrogen) atoms. The molecule has 2 aromatic rings. The van der Waals surface area contributed by atoms with E-state index in [2.05, 4.69) is 10.6 Å². The maximum Gasteiger partial charge on any atom is 0.251 e. The topological polar surface area (TPSA) is 61.4 Å². The van der Waals surface area contributed by atoms with Crippen molar-refractivity contribution in [3.63, 3.8) is 0 Å². The Kier molecular flexibility index (Phi) is 8.20. The number of thioether (sulfide) groups is 1. The second-order valence-corrected chi connectivity index (χ2v) is 8.12. The van der Waals surface area contributed by atoms with Gasteiger partial charge in [-0.1, -0.05) is 29.3 Å². The smallest absolute Gasteiger partial charge is 0.251 e. The van der Waals surface area contributed by atoms with Crippen LogP contribution < -0.4 is 15.5 Å². The Labute approximate surface area is 175 Å². The van der Waals surface area contributed by atoms with Gasteiger partial charge in [0.05, 0.1) is 10.7 Å². The molecule has 0 bridgehead atoms. The lowest BCUT2D eigenvalue weighted by Gasteiger charge is -2.19. The highest BCUT2D eigenvalue weighted by Gasteiger charge is 2.21. The first-order chi connectivity index (χ1) is 13.3. The van der Waals surface area contributed by atoms with E-state index in [1.807, 2.05) is 50.4 Å². The summed E-state index contributed by atoms with van der Waals surface area (Å²) in [5.74, 6) is 0.238. The molecule has 2 rings (SSSR count). The number of carbonyl (C=O) groups is 2. The minimum Gasteiger partial charge on any atom is -0.376 e. The number of nitrogens with one attached hydrogen (secondary N) is 2. The van der Waals surface area contributed by atoms with Gasteiger partial charge in [0.1, 0.15) is 6.04 Å². The Bertz CT molecular complexity index is 842. The van der Waals surface area contributed by atoms with E-state index in [-0.39, 0.29) is 11.8 Å². The molecule has 0 saturated carbocycles. The summed E-state index contributed by atoms with van der Waals surface area (Å²) in [5, 5.41) is 6.26. The summed E-state index contributed by atoms with van der Waals surface area (Å²) in [6, 6.07) is 12.0. The van der Waals surface area contributed by atoms with Crippen LogP contribution in [0.25, 0.3) is 0 Å². The summed E-state index contributed by atoms with van der Waals surface area (Å²) >= 11 is 7.91. The van der Waals surface area contributed by atoms with Crippen LogP contribution in [-0.4, -0.2) is 44.0 Å². The Hall–Kier alpha value is -2.18. The minimum atomic E-state index is -0.632. The Morgan fingerprint density at radius 1 is 1.18 bits per heavy atom. The number of hydrogen-bond acceptors (Lipinski definition) is 4. The van der Waals surface area contributed by atoms with Crippen LogP contribution in [-0.2, 0) is 4.79 Å². The van der Waals surface area contributed by atoms with Gasteiger partial charge in [-0.2, -0.15) is 11.8 Å².